The average Bonchev–Trinajstić information content (AvgIpc) is 3.23. The Morgan fingerprint density at radius 3 is 2.45 bits per heavy atom. The van der Waals surface area contributed by atoms with E-state index in [1.807, 2.05) is 29.2 Å². The predicted molar refractivity (Wildman–Crippen MR) is 129 cm³/mol. The second kappa shape index (κ2) is 9.56. The number of carbonyl (C=O) groups is 1. The van der Waals surface area contributed by atoms with Crippen LogP contribution in [0.5, 0.6) is 0 Å². The summed E-state index contributed by atoms with van der Waals surface area (Å²) >= 11 is 5.92. The Kier molecular flexibility index (Phi) is 6.19. The van der Waals surface area contributed by atoms with Gasteiger partial charge in [0.2, 0.25) is 0 Å². The number of pyridine rings is 2. The molecule has 1 N–H and O–H groups in total. The zero-order valence-corrected chi connectivity index (χ0v) is 18.8. The summed E-state index contributed by atoms with van der Waals surface area (Å²) in [6.45, 7) is 4.62. The van der Waals surface area contributed by atoms with Crippen LogP contribution in [0.25, 0.3) is 22.6 Å². The number of hydrogen-bond donors (Lipinski definition) is 1. The van der Waals surface area contributed by atoms with Crippen molar-refractivity contribution in [2.75, 3.05) is 38.0 Å². The second-order valence-corrected chi connectivity index (χ2v) is 8.37. The van der Waals surface area contributed by atoms with Gasteiger partial charge >= 0.3 is 6.03 Å². The zero-order valence-electron chi connectivity index (χ0n) is 18.1. The van der Waals surface area contributed by atoms with E-state index in [1.54, 1.807) is 42.9 Å². The van der Waals surface area contributed by atoms with Crippen LogP contribution in [0.1, 0.15) is 0 Å². The van der Waals surface area contributed by atoms with E-state index in [-0.39, 0.29) is 6.03 Å². The lowest BCUT2D eigenvalue weighted by atomic mass is 10.2. The van der Waals surface area contributed by atoms with E-state index in [2.05, 4.69) is 24.8 Å². The Labute approximate surface area is 196 Å². The molecule has 3 aromatic heterocycles. The zero-order chi connectivity index (χ0) is 22.6. The lowest BCUT2D eigenvalue weighted by molar-refractivity contribution is 0.145. The molecule has 0 spiro atoms. The van der Waals surface area contributed by atoms with Crippen LogP contribution >= 0.6 is 11.6 Å². The van der Waals surface area contributed by atoms with E-state index in [1.165, 1.54) is 0 Å². The molecule has 0 atom stereocenters. The molecule has 5 rings (SSSR count). The van der Waals surface area contributed by atoms with Crippen molar-refractivity contribution in [1.82, 2.24) is 29.3 Å². The highest BCUT2D eigenvalue weighted by Crippen LogP contribution is 2.23. The maximum atomic E-state index is 12.6. The van der Waals surface area contributed by atoms with Crippen molar-refractivity contribution in [3.05, 3.63) is 72.1 Å². The lowest BCUT2D eigenvalue weighted by Gasteiger charge is -2.34. The molecule has 1 aliphatic heterocycles. The molecule has 0 unspecified atom stereocenters. The molecule has 0 bridgehead atoms. The number of hydrogen-bond acceptors (Lipinski definition) is 5. The van der Waals surface area contributed by atoms with Gasteiger partial charge in [0.15, 0.2) is 5.65 Å². The maximum Gasteiger partial charge on any atom is 0.321 e. The van der Waals surface area contributed by atoms with Crippen LogP contribution < -0.4 is 5.32 Å². The number of aromatic nitrogens is 4. The fourth-order valence-corrected chi connectivity index (χ4v) is 4.17. The molecule has 33 heavy (non-hydrogen) atoms. The number of rotatable bonds is 5. The van der Waals surface area contributed by atoms with Gasteiger partial charge in [-0.05, 0) is 48.5 Å². The van der Waals surface area contributed by atoms with Crippen LogP contribution in [-0.2, 0) is 6.54 Å². The summed E-state index contributed by atoms with van der Waals surface area (Å²) in [5, 5.41) is 3.59. The Morgan fingerprint density at radius 2 is 1.70 bits per heavy atom. The van der Waals surface area contributed by atoms with Gasteiger partial charge in [0.25, 0.3) is 0 Å². The van der Waals surface area contributed by atoms with Crippen molar-refractivity contribution < 1.29 is 4.79 Å². The van der Waals surface area contributed by atoms with Crippen LogP contribution in [0.2, 0.25) is 5.02 Å². The summed E-state index contributed by atoms with van der Waals surface area (Å²) in [5.74, 6) is 0.895. The number of carbonyl (C=O) groups excluding carboxylic acids is 1. The summed E-state index contributed by atoms with van der Waals surface area (Å²) in [6.07, 6.45) is 5.36. The van der Waals surface area contributed by atoms with Gasteiger partial charge in [0, 0.05) is 74.1 Å². The smallest absolute Gasteiger partial charge is 0.321 e. The van der Waals surface area contributed by atoms with Crippen LogP contribution in [-0.4, -0.2) is 68.1 Å². The topological polar surface area (TPSA) is 79.2 Å². The van der Waals surface area contributed by atoms with Crippen LogP contribution in [0.15, 0.2) is 67.1 Å². The third-order valence-electron chi connectivity index (χ3n) is 5.84. The van der Waals surface area contributed by atoms with Crippen molar-refractivity contribution in [2.45, 2.75) is 6.54 Å². The number of halogens is 1. The second-order valence-electron chi connectivity index (χ2n) is 7.93. The van der Waals surface area contributed by atoms with Gasteiger partial charge < -0.3 is 14.8 Å². The van der Waals surface area contributed by atoms with Gasteiger partial charge in [-0.3, -0.25) is 9.88 Å². The largest absolute Gasteiger partial charge is 0.322 e. The fraction of sp³-hybridized carbons (Fsp3) is 0.250. The van der Waals surface area contributed by atoms with Gasteiger partial charge in [-0.25, -0.2) is 14.8 Å². The number of imidazole rings is 1. The first kappa shape index (κ1) is 21.4. The molecule has 4 aromatic rings. The predicted octanol–water partition coefficient (Wildman–Crippen LogP) is 4.00. The molecule has 1 saturated heterocycles. The maximum absolute atomic E-state index is 12.6. The van der Waals surface area contributed by atoms with Crippen LogP contribution in [0.3, 0.4) is 0 Å². The number of urea groups is 1. The Balaban J connectivity index is 1.22. The van der Waals surface area contributed by atoms with Crippen molar-refractivity contribution in [3.63, 3.8) is 0 Å². The molecule has 2 amide bonds. The highest BCUT2D eigenvalue weighted by Gasteiger charge is 2.22. The molecular weight excluding hydrogens is 438 g/mol. The van der Waals surface area contributed by atoms with Gasteiger partial charge in [-0.1, -0.05) is 11.6 Å². The molecule has 0 aliphatic carbocycles. The number of benzene rings is 1. The molecule has 9 heteroatoms. The third-order valence-corrected chi connectivity index (χ3v) is 6.09. The molecule has 1 aliphatic rings. The van der Waals surface area contributed by atoms with E-state index < -0.39 is 0 Å². The van der Waals surface area contributed by atoms with Gasteiger partial charge in [0.05, 0.1) is 0 Å². The normalized spacial score (nSPS) is 14.5. The van der Waals surface area contributed by atoms with Crippen molar-refractivity contribution in [2.24, 2.45) is 0 Å². The molecule has 0 saturated carbocycles. The quantitative estimate of drug-likeness (QED) is 0.486. The highest BCUT2D eigenvalue weighted by atomic mass is 35.5. The molecule has 4 heterocycles. The average molecular weight is 462 g/mol. The van der Waals surface area contributed by atoms with E-state index in [4.69, 9.17) is 16.6 Å². The Bertz CT molecular complexity index is 1230. The lowest BCUT2D eigenvalue weighted by Crippen LogP contribution is -2.50. The summed E-state index contributed by atoms with van der Waals surface area (Å²) in [6, 6.07) is 14.9. The first-order chi connectivity index (χ1) is 16.2. The van der Waals surface area contributed by atoms with Crippen molar-refractivity contribution >= 4 is 34.5 Å². The highest BCUT2D eigenvalue weighted by molar-refractivity contribution is 6.30. The summed E-state index contributed by atoms with van der Waals surface area (Å²) in [7, 11) is 0. The number of nitrogens with zero attached hydrogens (tertiary/aromatic N) is 6. The standard InChI is InChI=1S/C24H24ClN7O/c25-19-3-5-20(6-4-19)28-24(33)31-15-12-30(13-16-31)14-17-32-22(18-7-10-26-11-8-18)29-21-2-1-9-27-23(21)32/h1-11H,12-17H2,(H,28,33). The minimum absolute atomic E-state index is 0.0817. The monoisotopic (exact) mass is 461 g/mol. The molecule has 8 nitrogen and oxygen atoms in total. The van der Waals surface area contributed by atoms with E-state index in [0.29, 0.717) is 18.1 Å². The minimum atomic E-state index is -0.0817. The number of fused-ring (bicyclic) bond motifs is 1. The number of anilines is 1. The van der Waals surface area contributed by atoms with Gasteiger partial charge in [-0.2, -0.15) is 0 Å². The van der Waals surface area contributed by atoms with Crippen molar-refractivity contribution in [1.29, 1.82) is 0 Å². The number of piperazine rings is 1. The molecular formula is C24H24ClN7O. The van der Waals surface area contributed by atoms with Gasteiger partial charge in [-0.15, -0.1) is 0 Å². The summed E-state index contributed by atoms with van der Waals surface area (Å²) < 4.78 is 2.17. The first-order valence-corrected chi connectivity index (χ1v) is 11.3. The summed E-state index contributed by atoms with van der Waals surface area (Å²) in [5.41, 5.74) is 3.53. The molecule has 0 radical (unpaired) electrons. The number of nitrogens with one attached hydrogen (secondary N) is 1. The van der Waals surface area contributed by atoms with E-state index >= 15 is 0 Å². The number of amides is 2. The first-order valence-electron chi connectivity index (χ1n) is 10.9. The van der Waals surface area contributed by atoms with Crippen LogP contribution in [0.4, 0.5) is 10.5 Å². The van der Waals surface area contributed by atoms with E-state index in [0.717, 1.165) is 54.4 Å². The van der Waals surface area contributed by atoms with Crippen LogP contribution in [0, 0.1) is 0 Å². The SMILES string of the molecule is O=C(Nc1ccc(Cl)cc1)N1CCN(CCn2c(-c3ccncc3)nc3cccnc32)CC1. The molecule has 168 valence electrons. The fourth-order valence-electron chi connectivity index (χ4n) is 4.04. The Morgan fingerprint density at radius 1 is 0.939 bits per heavy atom. The summed E-state index contributed by atoms with van der Waals surface area (Å²) in [4.78, 5) is 30.3. The molecule has 1 fully saturated rings. The van der Waals surface area contributed by atoms with E-state index in [9.17, 15) is 4.79 Å². The molecule has 1 aromatic carbocycles. The minimum Gasteiger partial charge on any atom is -0.322 e. The third kappa shape index (κ3) is 4.81. The van der Waals surface area contributed by atoms with Crippen molar-refractivity contribution in [3.8, 4) is 11.4 Å². The van der Waals surface area contributed by atoms with Gasteiger partial charge in [0.1, 0.15) is 11.3 Å². The Hall–Kier alpha value is -3.49.